The number of amides is 1. The molecule has 1 N–H and O–H groups in total. The molecule has 0 saturated heterocycles. The number of fused-ring (bicyclic) bond motifs is 2. The second kappa shape index (κ2) is 6.72. The summed E-state index contributed by atoms with van der Waals surface area (Å²) >= 11 is 0. The monoisotopic (exact) mass is 420 g/mol. The van der Waals surface area contributed by atoms with Crippen LogP contribution >= 0.6 is 0 Å². The molecule has 32 heavy (non-hydrogen) atoms. The summed E-state index contributed by atoms with van der Waals surface area (Å²) in [5.41, 5.74) is 4.80. The molecule has 2 aromatic heterocycles. The number of carbonyl (C=O) groups excluding carboxylic acids is 1. The van der Waals surface area contributed by atoms with Crippen LogP contribution in [-0.4, -0.2) is 27.0 Å². The smallest absolute Gasteiger partial charge is 0.253 e. The number of ether oxygens (including phenoxy) is 1. The Balaban J connectivity index is 1.32. The molecule has 1 fully saturated rings. The quantitative estimate of drug-likeness (QED) is 0.521. The molecule has 6 heteroatoms. The van der Waals surface area contributed by atoms with E-state index in [4.69, 9.17) is 4.74 Å². The van der Waals surface area contributed by atoms with Gasteiger partial charge in [0.25, 0.3) is 5.91 Å². The molecule has 1 saturated carbocycles. The van der Waals surface area contributed by atoms with Crippen LogP contribution < -0.4 is 10.1 Å². The Labute approximate surface area is 185 Å². The zero-order valence-electron chi connectivity index (χ0n) is 17.7. The molecule has 0 spiro atoms. The van der Waals surface area contributed by atoms with Gasteiger partial charge >= 0.3 is 0 Å². The molecule has 0 radical (unpaired) electrons. The van der Waals surface area contributed by atoms with E-state index in [0.717, 1.165) is 39.0 Å². The van der Waals surface area contributed by atoms with Crippen LogP contribution in [0.2, 0.25) is 0 Å². The van der Waals surface area contributed by atoms with Crippen molar-refractivity contribution in [3.8, 4) is 5.75 Å². The fraction of sp³-hybridized carbons (Fsp3) is 0.154. The number of rotatable bonds is 5. The summed E-state index contributed by atoms with van der Waals surface area (Å²) in [5, 5.41) is 4.00. The maximum absolute atomic E-state index is 13.3. The van der Waals surface area contributed by atoms with Crippen molar-refractivity contribution in [2.24, 2.45) is 0 Å². The summed E-state index contributed by atoms with van der Waals surface area (Å²) < 4.78 is 6.26. The van der Waals surface area contributed by atoms with Gasteiger partial charge in [-0.1, -0.05) is 36.4 Å². The standard InChI is InChI=1S/C26H20N4O2/c1-15-21(14-28-16(2)29-15)32-24-22-23(26(22,24)17-8-4-3-5-9-17)25(31)30-20-12-6-11-19-18(20)10-7-13-27-19/h3-14,24H,1-2H3,(H,30,31)/t24?,26-/m0/s1. The molecule has 1 unspecified atom stereocenters. The number of pyridine rings is 1. The molecule has 156 valence electrons. The molecule has 0 aliphatic heterocycles. The Bertz CT molecular complexity index is 1430. The average Bonchev–Trinajstić information content (AvgIpc) is 3.68. The van der Waals surface area contributed by atoms with E-state index in [2.05, 4.69) is 20.3 Å². The maximum Gasteiger partial charge on any atom is 0.253 e. The van der Waals surface area contributed by atoms with Gasteiger partial charge in [0.05, 0.1) is 28.5 Å². The molecule has 2 heterocycles. The highest BCUT2D eigenvalue weighted by Gasteiger charge is 2.81. The zero-order chi connectivity index (χ0) is 21.9. The van der Waals surface area contributed by atoms with Crippen LogP contribution in [0.1, 0.15) is 17.1 Å². The zero-order valence-corrected chi connectivity index (χ0v) is 17.7. The van der Waals surface area contributed by atoms with Crippen LogP contribution in [0.3, 0.4) is 0 Å². The average molecular weight is 420 g/mol. The third kappa shape index (κ3) is 2.66. The summed E-state index contributed by atoms with van der Waals surface area (Å²) in [6.07, 6.45) is 3.28. The van der Waals surface area contributed by atoms with Gasteiger partial charge in [0.2, 0.25) is 0 Å². The van der Waals surface area contributed by atoms with E-state index in [-0.39, 0.29) is 12.0 Å². The minimum absolute atomic E-state index is 0.100. The summed E-state index contributed by atoms with van der Waals surface area (Å²) in [6, 6.07) is 19.6. The second-order valence-electron chi connectivity index (χ2n) is 8.16. The Kier molecular flexibility index (Phi) is 3.92. The number of anilines is 1. The highest BCUT2D eigenvalue weighted by Crippen LogP contribution is 2.75. The minimum Gasteiger partial charge on any atom is -0.481 e. The van der Waals surface area contributed by atoms with Crippen LogP contribution in [-0.2, 0) is 10.2 Å². The van der Waals surface area contributed by atoms with Crippen LogP contribution in [0.15, 0.2) is 84.2 Å². The van der Waals surface area contributed by atoms with E-state index in [1.165, 1.54) is 0 Å². The first-order chi connectivity index (χ1) is 15.6. The number of nitrogens with zero attached hydrogens (tertiary/aromatic N) is 3. The van der Waals surface area contributed by atoms with Crippen molar-refractivity contribution < 1.29 is 9.53 Å². The van der Waals surface area contributed by atoms with E-state index in [1.54, 1.807) is 12.4 Å². The Morgan fingerprint density at radius 1 is 1.00 bits per heavy atom. The van der Waals surface area contributed by atoms with Gasteiger partial charge in [0, 0.05) is 22.7 Å². The van der Waals surface area contributed by atoms with E-state index in [0.29, 0.717) is 11.6 Å². The third-order valence-corrected chi connectivity index (χ3v) is 6.25. The van der Waals surface area contributed by atoms with Crippen molar-refractivity contribution in [3.63, 3.8) is 0 Å². The number of carbonyl (C=O) groups is 1. The lowest BCUT2D eigenvalue weighted by molar-refractivity contribution is -0.113. The molecular weight excluding hydrogens is 400 g/mol. The minimum atomic E-state index is -0.467. The molecule has 0 bridgehead atoms. The van der Waals surface area contributed by atoms with Gasteiger partial charge in [-0.05, 0) is 43.7 Å². The van der Waals surface area contributed by atoms with Gasteiger partial charge < -0.3 is 10.1 Å². The van der Waals surface area contributed by atoms with Crippen molar-refractivity contribution in [2.75, 3.05) is 5.32 Å². The Morgan fingerprint density at radius 2 is 1.84 bits per heavy atom. The van der Waals surface area contributed by atoms with Crippen molar-refractivity contribution >= 4 is 22.5 Å². The topological polar surface area (TPSA) is 77.0 Å². The number of nitrogens with one attached hydrogen (secondary N) is 1. The van der Waals surface area contributed by atoms with E-state index in [1.807, 2.05) is 74.5 Å². The largest absolute Gasteiger partial charge is 0.481 e. The van der Waals surface area contributed by atoms with E-state index < -0.39 is 5.41 Å². The number of aromatic nitrogens is 3. The van der Waals surface area contributed by atoms with E-state index in [9.17, 15) is 4.79 Å². The second-order valence-corrected chi connectivity index (χ2v) is 8.16. The highest BCUT2D eigenvalue weighted by molar-refractivity contribution is 6.18. The summed E-state index contributed by atoms with van der Waals surface area (Å²) in [5.74, 6) is 1.25. The van der Waals surface area contributed by atoms with Crippen molar-refractivity contribution in [2.45, 2.75) is 25.4 Å². The molecule has 6 nitrogen and oxygen atoms in total. The van der Waals surface area contributed by atoms with E-state index >= 15 is 0 Å². The molecular formula is C26H20N4O2. The van der Waals surface area contributed by atoms with Gasteiger partial charge in [0.1, 0.15) is 11.9 Å². The number of aryl methyl sites for hydroxylation is 2. The first-order valence-electron chi connectivity index (χ1n) is 10.5. The van der Waals surface area contributed by atoms with Crippen LogP contribution in [0, 0.1) is 13.8 Å². The number of hydrogen-bond acceptors (Lipinski definition) is 5. The van der Waals surface area contributed by atoms with Gasteiger partial charge in [0.15, 0.2) is 5.75 Å². The molecule has 2 aliphatic rings. The number of hydrogen-bond donors (Lipinski definition) is 1. The molecule has 2 aliphatic carbocycles. The predicted molar refractivity (Wildman–Crippen MR) is 121 cm³/mol. The first-order valence-corrected chi connectivity index (χ1v) is 10.5. The Hall–Kier alpha value is -4.06. The summed E-state index contributed by atoms with van der Waals surface area (Å²) in [7, 11) is 0. The van der Waals surface area contributed by atoms with Crippen LogP contribution in [0.5, 0.6) is 5.75 Å². The molecule has 1 amide bonds. The van der Waals surface area contributed by atoms with Gasteiger partial charge in [-0.3, -0.25) is 9.78 Å². The molecule has 2 aromatic carbocycles. The molecule has 4 aromatic rings. The lowest BCUT2D eigenvalue weighted by Crippen LogP contribution is -2.25. The van der Waals surface area contributed by atoms with Crippen molar-refractivity contribution in [1.82, 2.24) is 15.0 Å². The highest BCUT2D eigenvalue weighted by atomic mass is 16.5. The lowest BCUT2D eigenvalue weighted by atomic mass is 9.96. The SMILES string of the molecule is Cc1ncc(OC2C3=C(C(=O)Nc4cccc5ncccc45)[C@]32c2ccccc2)c(C)n1. The maximum atomic E-state index is 13.3. The predicted octanol–water partition coefficient (Wildman–Crippen LogP) is 4.29. The Morgan fingerprint density at radius 3 is 2.66 bits per heavy atom. The summed E-state index contributed by atoms with van der Waals surface area (Å²) in [4.78, 5) is 26.3. The fourth-order valence-electron chi connectivity index (χ4n) is 4.62. The van der Waals surface area contributed by atoms with Gasteiger partial charge in [-0.2, -0.15) is 0 Å². The van der Waals surface area contributed by atoms with Gasteiger partial charge in [-0.25, -0.2) is 9.97 Å². The third-order valence-electron chi connectivity index (χ3n) is 6.25. The van der Waals surface area contributed by atoms with Crippen LogP contribution in [0.25, 0.3) is 10.9 Å². The number of benzene rings is 2. The van der Waals surface area contributed by atoms with Gasteiger partial charge in [-0.15, -0.1) is 0 Å². The van der Waals surface area contributed by atoms with Crippen LogP contribution in [0.4, 0.5) is 5.69 Å². The van der Waals surface area contributed by atoms with Crippen molar-refractivity contribution in [3.05, 3.63) is 101 Å². The molecule has 6 rings (SSSR count). The van der Waals surface area contributed by atoms with Crippen molar-refractivity contribution in [1.29, 1.82) is 0 Å². The fourth-order valence-corrected chi connectivity index (χ4v) is 4.62. The summed E-state index contributed by atoms with van der Waals surface area (Å²) in [6.45, 7) is 3.76. The molecule has 2 atom stereocenters. The normalized spacial score (nSPS) is 20.6. The lowest BCUT2D eigenvalue weighted by Gasteiger charge is -2.18. The first kappa shape index (κ1) is 18.7.